The second-order valence-electron chi connectivity index (χ2n) is 3.24. The summed E-state index contributed by atoms with van der Waals surface area (Å²) in [5.74, 6) is -0.00409. The number of benzene rings is 1. The van der Waals surface area contributed by atoms with Gasteiger partial charge in [0.2, 0.25) is 0 Å². The van der Waals surface area contributed by atoms with Crippen molar-refractivity contribution in [2.24, 2.45) is 0 Å². The molecule has 1 atom stereocenters. The van der Waals surface area contributed by atoms with Gasteiger partial charge in [-0.1, -0.05) is 17.7 Å². The molecule has 0 amide bonds. The summed E-state index contributed by atoms with van der Waals surface area (Å²) in [5, 5.41) is 0. The molecule has 0 aliphatic carbocycles. The molecule has 0 bridgehead atoms. The third-order valence-corrected chi connectivity index (χ3v) is 2.25. The van der Waals surface area contributed by atoms with Crippen LogP contribution in [0.15, 0.2) is 24.3 Å². The number of hydrogen-bond acceptors (Lipinski definition) is 2. The van der Waals surface area contributed by atoms with Crippen molar-refractivity contribution in [3.63, 3.8) is 0 Å². The molecule has 0 N–H and O–H groups in total. The summed E-state index contributed by atoms with van der Waals surface area (Å²) in [4.78, 5) is 11.4. The molecule has 1 rings (SSSR count). The number of esters is 1. The number of rotatable bonds is 3. The molecule has 0 fully saturated rings. The van der Waals surface area contributed by atoms with Crippen LogP contribution < -0.4 is 0 Å². The third kappa shape index (κ3) is 3.04. The van der Waals surface area contributed by atoms with Crippen LogP contribution in [0.1, 0.15) is 22.8 Å². The first kappa shape index (κ1) is 11.1. The fourth-order valence-corrected chi connectivity index (χ4v) is 1.03. The van der Waals surface area contributed by atoms with Crippen LogP contribution in [0.25, 0.3) is 0 Å². The summed E-state index contributed by atoms with van der Waals surface area (Å²) in [7, 11) is 0. The van der Waals surface area contributed by atoms with E-state index in [0.29, 0.717) is 11.4 Å². The number of alkyl halides is 1. The third-order valence-electron chi connectivity index (χ3n) is 1.81. The van der Waals surface area contributed by atoms with Crippen LogP contribution in [-0.2, 0) is 4.74 Å². The first-order valence-corrected chi connectivity index (χ1v) is 5.00. The minimum absolute atomic E-state index is 0.245. The van der Waals surface area contributed by atoms with Crippen molar-refractivity contribution in [1.29, 1.82) is 0 Å². The summed E-state index contributed by atoms with van der Waals surface area (Å²) < 4.78 is 5.05. The van der Waals surface area contributed by atoms with Crippen LogP contribution in [-0.4, -0.2) is 18.0 Å². The largest absolute Gasteiger partial charge is 0.458 e. The van der Waals surface area contributed by atoms with E-state index in [0.717, 1.165) is 5.56 Å². The molecule has 0 aliphatic rings. The average molecular weight is 213 g/mol. The van der Waals surface area contributed by atoms with Gasteiger partial charge in [-0.2, -0.15) is 0 Å². The highest BCUT2D eigenvalue weighted by molar-refractivity contribution is 6.18. The van der Waals surface area contributed by atoms with E-state index in [1.165, 1.54) is 0 Å². The monoisotopic (exact) mass is 212 g/mol. The first-order chi connectivity index (χ1) is 6.63. The second kappa shape index (κ2) is 5.01. The van der Waals surface area contributed by atoms with Gasteiger partial charge in [-0.15, -0.1) is 11.6 Å². The van der Waals surface area contributed by atoms with Crippen molar-refractivity contribution in [3.8, 4) is 0 Å². The van der Waals surface area contributed by atoms with E-state index in [4.69, 9.17) is 16.3 Å². The lowest BCUT2D eigenvalue weighted by molar-refractivity contribution is 0.0383. The standard InChI is InChI=1S/C11H13ClO2/c1-8-3-5-10(6-4-8)11(13)14-9(2)7-12/h3-6,9H,7H2,1-2H3. The van der Waals surface area contributed by atoms with Gasteiger partial charge < -0.3 is 4.74 Å². The zero-order chi connectivity index (χ0) is 10.6. The second-order valence-corrected chi connectivity index (χ2v) is 3.54. The molecule has 0 aliphatic heterocycles. The fraction of sp³-hybridized carbons (Fsp3) is 0.364. The molecular weight excluding hydrogens is 200 g/mol. The lowest BCUT2D eigenvalue weighted by Gasteiger charge is -2.09. The van der Waals surface area contributed by atoms with Gasteiger partial charge in [0, 0.05) is 0 Å². The van der Waals surface area contributed by atoms with Gasteiger partial charge in [0.15, 0.2) is 0 Å². The van der Waals surface area contributed by atoms with Gasteiger partial charge in [0.05, 0.1) is 11.4 Å². The molecule has 0 radical (unpaired) electrons. The van der Waals surface area contributed by atoms with E-state index in [9.17, 15) is 4.79 Å². The number of aryl methyl sites for hydroxylation is 1. The summed E-state index contributed by atoms with van der Waals surface area (Å²) in [6, 6.07) is 7.25. The van der Waals surface area contributed by atoms with Crippen molar-refractivity contribution in [3.05, 3.63) is 35.4 Å². The molecule has 0 heterocycles. The van der Waals surface area contributed by atoms with E-state index in [1.54, 1.807) is 19.1 Å². The predicted octanol–water partition coefficient (Wildman–Crippen LogP) is 2.78. The number of carbonyl (C=O) groups excluding carboxylic acids is 1. The molecule has 1 aromatic carbocycles. The molecule has 3 heteroatoms. The molecule has 14 heavy (non-hydrogen) atoms. The Morgan fingerprint density at radius 1 is 1.43 bits per heavy atom. The van der Waals surface area contributed by atoms with Crippen molar-refractivity contribution < 1.29 is 9.53 Å². The van der Waals surface area contributed by atoms with E-state index in [-0.39, 0.29) is 12.1 Å². The molecule has 0 saturated heterocycles. The minimum Gasteiger partial charge on any atom is -0.458 e. The fourth-order valence-electron chi connectivity index (χ4n) is 0.972. The molecule has 2 nitrogen and oxygen atoms in total. The van der Waals surface area contributed by atoms with Gasteiger partial charge >= 0.3 is 5.97 Å². The zero-order valence-corrected chi connectivity index (χ0v) is 9.04. The summed E-state index contributed by atoms with van der Waals surface area (Å²) in [6.07, 6.45) is -0.245. The van der Waals surface area contributed by atoms with Crippen molar-refractivity contribution in [1.82, 2.24) is 0 Å². The minimum atomic E-state index is -0.321. The predicted molar refractivity (Wildman–Crippen MR) is 56.8 cm³/mol. The Morgan fingerprint density at radius 2 is 2.00 bits per heavy atom. The van der Waals surface area contributed by atoms with E-state index >= 15 is 0 Å². The van der Waals surface area contributed by atoms with Gasteiger partial charge in [0.1, 0.15) is 6.10 Å². The Labute approximate surface area is 88.8 Å². The molecular formula is C11H13ClO2. The SMILES string of the molecule is Cc1ccc(C(=O)OC(C)CCl)cc1. The van der Waals surface area contributed by atoms with Crippen LogP contribution in [0.3, 0.4) is 0 Å². The highest BCUT2D eigenvalue weighted by atomic mass is 35.5. The van der Waals surface area contributed by atoms with Crippen molar-refractivity contribution in [2.45, 2.75) is 20.0 Å². The number of ether oxygens (including phenoxy) is 1. The summed E-state index contributed by atoms with van der Waals surface area (Å²) in [6.45, 7) is 3.73. The molecule has 0 aromatic heterocycles. The van der Waals surface area contributed by atoms with Gasteiger partial charge in [-0.25, -0.2) is 4.79 Å². The summed E-state index contributed by atoms with van der Waals surface area (Å²) in [5.41, 5.74) is 1.68. The maximum atomic E-state index is 11.4. The van der Waals surface area contributed by atoms with E-state index in [2.05, 4.69) is 0 Å². The molecule has 76 valence electrons. The Hall–Kier alpha value is -1.02. The molecule has 0 spiro atoms. The Bertz CT molecular complexity index is 306. The number of halogens is 1. The van der Waals surface area contributed by atoms with Gasteiger partial charge in [-0.3, -0.25) is 0 Å². The van der Waals surface area contributed by atoms with Gasteiger partial charge in [-0.05, 0) is 26.0 Å². The smallest absolute Gasteiger partial charge is 0.338 e. The van der Waals surface area contributed by atoms with Gasteiger partial charge in [0.25, 0.3) is 0 Å². The van der Waals surface area contributed by atoms with Crippen LogP contribution >= 0.6 is 11.6 Å². The van der Waals surface area contributed by atoms with Crippen molar-refractivity contribution >= 4 is 17.6 Å². The van der Waals surface area contributed by atoms with Crippen molar-refractivity contribution in [2.75, 3.05) is 5.88 Å². The normalized spacial score (nSPS) is 12.2. The number of carbonyl (C=O) groups is 1. The zero-order valence-electron chi connectivity index (χ0n) is 8.29. The van der Waals surface area contributed by atoms with Crippen LogP contribution in [0.5, 0.6) is 0 Å². The van der Waals surface area contributed by atoms with E-state index < -0.39 is 0 Å². The highest BCUT2D eigenvalue weighted by Gasteiger charge is 2.10. The summed E-state index contributed by atoms with van der Waals surface area (Å²) >= 11 is 5.53. The highest BCUT2D eigenvalue weighted by Crippen LogP contribution is 2.06. The maximum absolute atomic E-state index is 11.4. The van der Waals surface area contributed by atoms with Crippen LogP contribution in [0, 0.1) is 6.92 Å². The Kier molecular flexibility index (Phi) is 3.96. The molecule has 0 saturated carbocycles. The maximum Gasteiger partial charge on any atom is 0.338 e. The number of hydrogen-bond donors (Lipinski definition) is 0. The topological polar surface area (TPSA) is 26.3 Å². The molecule has 1 aromatic rings. The lowest BCUT2D eigenvalue weighted by Crippen LogP contribution is -2.16. The van der Waals surface area contributed by atoms with Crippen LogP contribution in [0.4, 0.5) is 0 Å². The first-order valence-electron chi connectivity index (χ1n) is 4.47. The Morgan fingerprint density at radius 3 is 2.50 bits per heavy atom. The molecule has 1 unspecified atom stereocenters. The quantitative estimate of drug-likeness (QED) is 0.569. The average Bonchev–Trinajstić information content (AvgIpc) is 2.18. The van der Waals surface area contributed by atoms with Crippen LogP contribution in [0.2, 0.25) is 0 Å². The lowest BCUT2D eigenvalue weighted by atomic mass is 10.1. The van der Waals surface area contributed by atoms with E-state index in [1.807, 2.05) is 19.1 Å². The Balaban J connectivity index is 2.65.